The molecule has 1 unspecified atom stereocenters. The second-order valence-corrected chi connectivity index (χ2v) is 11.1. The average Bonchev–Trinajstić information content (AvgIpc) is 2.82. The third-order valence-corrected chi connectivity index (χ3v) is 7.14. The number of ether oxygens (including phenoxy) is 1. The van der Waals surface area contributed by atoms with E-state index in [0.29, 0.717) is 22.7 Å². The summed E-state index contributed by atoms with van der Waals surface area (Å²) in [6, 6.07) is 18.5. The van der Waals surface area contributed by atoms with Gasteiger partial charge in [-0.1, -0.05) is 25.8 Å². The van der Waals surface area contributed by atoms with Crippen molar-refractivity contribution in [1.82, 2.24) is 5.32 Å². The van der Waals surface area contributed by atoms with Gasteiger partial charge in [-0.15, -0.1) is 0 Å². The maximum Gasteiger partial charge on any atom is 0.261 e. The summed E-state index contributed by atoms with van der Waals surface area (Å²) in [5.74, 6) is 0.350. The van der Waals surface area contributed by atoms with Crippen molar-refractivity contribution in [3.63, 3.8) is 0 Å². The van der Waals surface area contributed by atoms with Gasteiger partial charge < -0.3 is 10.1 Å². The minimum Gasteiger partial charge on any atom is -0.491 e. The Kier molecular flexibility index (Phi) is 9.66. The fourth-order valence-electron chi connectivity index (χ4n) is 3.77. The second kappa shape index (κ2) is 12.7. The van der Waals surface area contributed by atoms with Crippen molar-refractivity contribution < 1.29 is 17.9 Å². The van der Waals surface area contributed by atoms with Crippen LogP contribution < -0.4 is 20.1 Å². The number of rotatable bonds is 10. The fraction of sp³-hybridized carbons (Fsp3) is 0.286. The van der Waals surface area contributed by atoms with Gasteiger partial charge in [0.05, 0.1) is 11.0 Å². The molecule has 1 amide bonds. The Morgan fingerprint density at radius 1 is 0.946 bits per heavy atom. The van der Waals surface area contributed by atoms with Crippen LogP contribution in [0.4, 0.5) is 11.4 Å². The molecule has 0 saturated carbocycles. The topological polar surface area (TPSA) is 96.5 Å². The van der Waals surface area contributed by atoms with Crippen LogP contribution >= 0.6 is 12.2 Å². The van der Waals surface area contributed by atoms with Crippen LogP contribution in [0.2, 0.25) is 0 Å². The quantitative estimate of drug-likeness (QED) is 0.266. The molecule has 9 heteroatoms. The standard InChI is InChI=1S/C28H33N3O4S2/c1-5-6-7-21(4)35-25-12-8-22(9-13-25)27(32)30-28(36)29-23-10-14-26(15-11-23)37(33,34)31-24-17-19(2)16-20(3)18-24/h8-18,21,31H,5-7H2,1-4H3,(H2,29,30,32,36). The molecule has 0 aliphatic carbocycles. The van der Waals surface area contributed by atoms with Crippen LogP contribution in [-0.4, -0.2) is 25.5 Å². The number of carbonyl (C=O) groups excluding carboxylic acids is 1. The molecule has 0 radical (unpaired) electrons. The van der Waals surface area contributed by atoms with Crippen molar-refractivity contribution in [2.45, 2.75) is 58.0 Å². The summed E-state index contributed by atoms with van der Waals surface area (Å²) in [5, 5.41) is 5.63. The Morgan fingerprint density at radius 3 is 2.16 bits per heavy atom. The maximum atomic E-state index is 12.8. The summed E-state index contributed by atoms with van der Waals surface area (Å²) in [7, 11) is -3.75. The lowest BCUT2D eigenvalue weighted by Gasteiger charge is -2.14. The molecule has 0 aliphatic heterocycles. The summed E-state index contributed by atoms with van der Waals surface area (Å²) in [6.07, 6.45) is 3.32. The van der Waals surface area contributed by atoms with E-state index in [-0.39, 0.29) is 22.0 Å². The van der Waals surface area contributed by atoms with Crippen molar-refractivity contribution in [2.24, 2.45) is 0 Å². The molecule has 0 saturated heterocycles. The number of aryl methyl sites for hydroxylation is 2. The van der Waals surface area contributed by atoms with Gasteiger partial charge in [0.2, 0.25) is 0 Å². The molecular weight excluding hydrogens is 506 g/mol. The number of hydrogen-bond donors (Lipinski definition) is 3. The number of benzene rings is 3. The molecule has 7 nitrogen and oxygen atoms in total. The predicted octanol–water partition coefficient (Wildman–Crippen LogP) is 6.19. The summed E-state index contributed by atoms with van der Waals surface area (Å²) >= 11 is 5.25. The van der Waals surface area contributed by atoms with Gasteiger partial charge in [-0.3, -0.25) is 14.8 Å². The number of sulfonamides is 1. The van der Waals surface area contributed by atoms with Crippen molar-refractivity contribution in [2.75, 3.05) is 10.0 Å². The largest absolute Gasteiger partial charge is 0.491 e. The lowest BCUT2D eigenvalue weighted by Crippen LogP contribution is -2.34. The lowest BCUT2D eigenvalue weighted by molar-refractivity contribution is 0.0977. The van der Waals surface area contributed by atoms with Crippen molar-refractivity contribution in [3.05, 3.63) is 83.4 Å². The van der Waals surface area contributed by atoms with E-state index in [1.165, 1.54) is 12.1 Å². The molecule has 3 N–H and O–H groups in total. The summed E-state index contributed by atoms with van der Waals surface area (Å²) in [4.78, 5) is 12.7. The van der Waals surface area contributed by atoms with Gasteiger partial charge in [-0.25, -0.2) is 8.42 Å². The van der Waals surface area contributed by atoms with E-state index < -0.39 is 10.0 Å². The van der Waals surface area contributed by atoms with Crippen molar-refractivity contribution in [1.29, 1.82) is 0 Å². The highest BCUT2D eigenvalue weighted by Crippen LogP contribution is 2.21. The molecule has 0 fully saturated rings. The van der Waals surface area contributed by atoms with Gasteiger partial charge in [0.25, 0.3) is 15.9 Å². The molecule has 0 heterocycles. The SMILES string of the molecule is CCCCC(C)Oc1ccc(C(=O)NC(=S)Nc2ccc(S(=O)(=O)Nc3cc(C)cc(C)c3)cc2)cc1. The highest BCUT2D eigenvalue weighted by molar-refractivity contribution is 7.92. The third-order valence-electron chi connectivity index (χ3n) is 5.54. The van der Waals surface area contributed by atoms with Crippen LogP contribution in [0.25, 0.3) is 0 Å². The summed E-state index contributed by atoms with van der Waals surface area (Å²) in [6.45, 7) is 7.99. The first-order valence-corrected chi connectivity index (χ1v) is 14.0. The van der Waals surface area contributed by atoms with Crippen LogP contribution in [0.3, 0.4) is 0 Å². The molecule has 0 bridgehead atoms. The van der Waals surface area contributed by atoms with Gasteiger partial charge in [-0.05, 0) is 111 Å². The first kappa shape index (κ1) is 28.1. The number of anilines is 2. The zero-order valence-corrected chi connectivity index (χ0v) is 23.1. The molecule has 0 aliphatic rings. The number of carbonyl (C=O) groups is 1. The highest BCUT2D eigenvalue weighted by Gasteiger charge is 2.15. The van der Waals surface area contributed by atoms with Gasteiger partial charge >= 0.3 is 0 Å². The average molecular weight is 540 g/mol. The molecule has 0 aromatic heterocycles. The minimum absolute atomic E-state index is 0.0995. The Balaban J connectivity index is 1.55. The fourth-order valence-corrected chi connectivity index (χ4v) is 5.02. The third kappa shape index (κ3) is 8.58. The molecule has 3 rings (SSSR count). The predicted molar refractivity (Wildman–Crippen MR) is 153 cm³/mol. The Hall–Kier alpha value is -3.43. The first-order valence-electron chi connectivity index (χ1n) is 12.2. The molecule has 37 heavy (non-hydrogen) atoms. The molecule has 0 spiro atoms. The Labute approximate surface area is 224 Å². The lowest BCUT2D eigenvalue weighted by atomic mass is 10.1. The van der Waals surface area contributed by atoms with E-state index in [1.807, 2.05) is 26.8 Å². The van der Waals surface area contributed by atoms with E-state index in [4.69, 9.17) is 17.0 Å². The van der Waals surface area contributed by atoms with Crippen LogP contribution in [0.5, 0.6) is 5.75 Å². The van der Waals surface area contributed by atoms with Gasteiger partial charge in [0.15, 0.2) is 5.11 Å². The number of hydrogen-bond acceptors (Lipinski definition) is 5. The molecule has 3 aromatic rings. The molecule has 196 valence electrons. The number of thiocarbonyl (C=S) groups is 1. The van der Waals surface area contributed by atoms with Gasteiger partial charge in [0, 0.05) is 16.9 Å². The number of nitrogens with one attached hydrogen (secondary N) is 3. The summed E-state index contributed by atoms with van der Waals surface area (Å²) < 4.78 is 34.0. The van der Waals surface area contributed by atoms with Crippen LogP contribution in [0.1, 0.15) is 54.6 Å². The molecule has 1 atom stereocenters. The normalized spacial score (nSPS) is 11.9. The number of amides is 1. The monoisotopic (exact) mass is 539 g/mol. The zero-order valence-electron chi connectivity index (χ0n) is 21.5. The van der Waals surface area contributed by atoms with Crippen LogP contribution in [-0.2, 0) is 10.0 Å². The van der Waals surface area contributed by atoms with E-state index in [2.05, 4.69) is 22.3 Å². The zero-order chi connectivity index (χ0) is 27.0. The van der Waals surface area contributed by atoms with Crippen molar-refractivity contribution >= 4 is 44.6 Å². The van der Waals surface area contributed by atoms with E-state index >= 15 is 0 Å². The van der Waals surface area contributed by atoms with Gasteiger partial charge in [0.1, 0.15) is 5.75 Å². The summed E-state index contributed by atoms with van der Waals surface area (Å²) in [5.41, 5.74) is 3.43. The molecule has 3 aromatic carbocycles. The smallest absolute Gasteiger partial charge is 0.261 e. The number of unbranched alkanes of at least 4 members (excludes halogenated alkanes) is 1. The van der Waals surface area contributed by atoms with Gasteiger partial charge in [-0.2, -0.15) is 0 Å². The molecular formula is C28H33N3O4S2. The Morgan fingerprint density at radius 2 is 1.57 bits per heavy atom. The van der Waals surface area contributed by atoms with E-state index in [0.717, 1.165) is 30.4 Å². The van der Waals surface area contributed by atoms with E-state index in [1.54, 1.807) is 48.5 Å². The highest BCUT2D eigenvalue weighted by atomic mass is 32.2. The Bertz CT molecular complexity index is 1320. The maximum absolute atomic E-state index is 12.8. The minimum atomic E-state index is -3.75. The van der Waals surface area contributed by atoms with E-state index in [9.17, 15) is 13.2 Å². The van der Waals surface area contributed by atoms with Crippen molar-refractivity contribution in [3.8, 4) is 5.75 Å². The van der Waals surface area contributed by atoms with Crippen LogP contribution in [0, 0.1) is 13.8 Å². The first-order chi connectivity index (χ1) is 17.6. The second-order valence-electron chi connectivity index (χ2n) is 9.01. The van der Waals surface area contributed by atoms with Crippen LogP contribution in [0.15, 0.2) is 71.6 Å².